The van der Waals surface area contributed by atoms with Crippen molar-refractivity contribution in [3.8, 4) is 17.5 Å². The first-order valence-electron chi connectivity index (χ1n) is 7.47. The van der Waals surface area contributed by atoms with Crippen molar-refractivity contribution >= 4 is 11.0 Å². The molecule has 0 saturated heterocycles. The molecule has 0 aliphatic heterocycles. The van der Waals surface area contributed by atoms with Crippen molar-refractivity contribution in [2.45, 2.75) is 25.8 Å². The molecule has 0 radical (unpaired) electrons. The summed E-state index contributed by atoms with van der Waals surface area (Å²) in [6, 6.07) is 8.57. The second-order valence-corrected chi connectivity index (χ2v) is 6.03. The highest BCUT2D eigenvalue weighted by molar-refractivity contribution is 5.86. The standard InChI is InChI=1S/C17H13F3N4O2/c1-16(2,25)12-7-8-22-15-14(12)13(9-21)23-24(15)10-3-5-11(6-4-10)26-17(18,19)20/h3-8,25H,1-2H3. The van der Waals surface area contributed by atoms with Crippen molar-refractivity contribution < 1.29 is 23.0 Å². The Morgan fingerprint density at radius 2 is 1.81 bits per heavy atom. The minimum atomic E-state index is -4.78. The topological polar surface area (TPSA) is 84.0 Å². The van der Waals surface area contributed by atoms with Crippen LogP contribution in [0.5, 0.6) is 5.75 Å². The van der Waals surface area contributed by atoms with Gasteiger partial charge >= 0.3 is 6.36 Å². The molecule has 0 aliphatic rings. The normalized spacial score (nSPS) is 12.2. The maximum Gasteiger partial charge on any atom is 0.573 e. The van der Waals surface area contributed by atoms with Gasteiger partial charge in [-0.25, -0.2) is 9.67 Å². The highest BCUT2D eigenvalue weighted by Gasteiger charge is 2.31. The van der Waals surface area contributed by atoms with Crippen molar-refractivity contribution in [3.63, 3.8) is 0 Å². The zero-order chi connectivity index (χ0) is 19.1. The zero-order valence-electron chi connectivity index (χ0n) is 13.7. The molecule has 0 unspecified atom stereocenters. The fraction of sp³-hybridized carbons (Fsp3) is 0.235. The minimum absolute atomic E-state index is 0.0563. The summed E-state index contributed by atoms with van der Waals surface area (Å²) in [5, 5.41) is 24.3. The van der Waals surface area contributed by atoms with Gasteiger partial charge in [-0.15, -0.1) is 13.2 Å². The van der Waals surface area contributed by atoms with Gasteiger partial charge in [-0.05, 0) is 49.7 Å². The van der Waals surface area contributed by atoms with Crippen LogP contribution < -0.4 is 4.74 Å². The van der Waals surface area contributed by atoms with E-state index in [0.717, 1.165) is 12.1 Å². The van der Waals surface area contributed by atoms with E-state index >= 15 is 0 Å². The van der Waals surface area contributed by atoms with Gasteiger partial charge < -0.3 is 9.84 Å². The van der Waals surface area contributed by atoms with Crippen molar-refractivity contribution in [2.24, 2.45) is 0 Å². The average Bonchev–Trinajstić information content (AvgIpc) is 2.92. The van der Waals surface area contributed by atoms with Crippen molar-refractivity contribution in [1.29, 1.82) is 5.26 Å². The number of rotatable bonds is 3. The molecule has 6 nitrogen and oxygen atoms in total. The number of halogens is 3. The summed E-state index contributed by atoms with van der Waals surface area (Å²) in [6.45, 7) is 3.15. The van der Waals surface area contributed by atoms with Gasteiger partial charge in [0.15, 0.2) is 11.3 Å². The second-order valence-electron chi connectivity index (χ2n) is 6.03. The molecule has 3 aromatic rings. The summed E-state index contributed by atoms with van der Waals surface area (Å²) in [6.07, 6.45) is -3.31. The molecule has 0 bridgehead atoms. The summed E-state index contributed by atoms with van der Waals surface area (Å²) in [7, 11) is 0. The maximum absolute atomic E-state index is 12.3. The highest BCUT2D eigenvalue weighted by Crippen LogP contribution is 2.31. The molecule has 0 aliphatic carbocycles. The van der Waals surface area contributed by atoms with Crippen molar-refractivity contribution in [1.82, 2.24) is 14.8 Å². The molecule has 3 rings (SSSR count). The van der Waals surface area contributed by atoms with E-state index in [1.807, 2.05) is 6.07 Å². The van der Waals surface area contributed by atoms with Gasteiger partial charge in [0.1, 0.15) is 11.8 Å². The van der Waals surface area contributed by atoms with Crippen molar-refractivity contribution in [3.05, 3.63) is 47.8 Å². The Morgan fingerprint density at radius 3 is 2.35 bits per heavy atom. The predicted molar refractivity (Wildman–Crippen MR) is 85.5 cm³/mol. The number of nitrogens with zero attached hydrogens (tertiary/aromatic N) is 4. The lowest BCUT2D eigenvalue weighted by Gasteiger charge is -2.18. The van der Waals surface area contributed by atoms with Gasteiger partial charge in [0, 0.05) is 6.20 Å². The number of alkyl halides is 3. The Balaban J connectivity index is 2.14. The van der Waals surface area contributed by atoms with E-state index in [-0.39, 0.29) is 11.4 Å². The van der Waals surface area contributed by atoms with E-state index < -0.39 is 12.0 Å². The van der Waals surface area contributed by atoms with E-state index in [0.29, 0.717) is 22.3 Å². The Bertz CT molecular complexity index is 996. The molecule has 26 heavy (non-hydrogen) atoms. The number of aromatic nitrogens is 3. The van der Waals surface area contributed by atoms with Crippen LogP contribution in [-0.4, -0.2) is 26.2 Å². The minimum Gasteiger partial charge on any atom is -0.406 e. The lowest BCUT2D eigenvalue weighted by molar-refractivity contribution is -0.274. The first-order chi connectivity index (χ1) is 12.1. The fourth-order valence-electron chi connectivity index (χ4n) is 2.60. The molecule has 2 heterocycles. The lowest BCUT2D eigenvalue weighted by atomic mass is 9.95. The number of nitriles is 1. The van der Waals surface area contributed by atoms with Crippen LogP contribution in [0.3, 0.4) is 0 Å². The van der Waals surface area contributed by atoms with E-state index in [4.69, 9.17) is 0 Å². The number of fused-ring (bicyclic) bond motifs is 1. The Hall–Kier alpha value is -3.12. The van der Waals surface area contributed by atoms with Gasteiger partial charge in [0.2, 0.25) is 0 Å². The first-order valence-corrected chi connectivity index (χ1v) is 7.47. The van der Waals surface area contributed by atoms with Crippen LogP contribution in [0.4, 0.5) is 13.2 Å². The van der Waals surface area contributed by atoms with Crippen LogP contribution >= 0.6 is 0 Å². The average molecular weight is 362 g/mol. The molecule has 1 N–H and O–H groups in total. The van der Waals surface area contributed by atoms with Crippen molar-refractivity contribution in [2.75, 3.05) is 0 Å². The first kappa shape index (κ1) is 17.7. The molecule has 134 valence electrons. The van der Waals surface area contributed by atoms with Gasteiger partial charge in [0.25, 0.3) is 0 Å². The molecular weight excluding hydrogens is 349 g/mol. The number of benzene rings is 1. The summed E-state index contributed by atoms with van der Waals surface area (Å²) in [4.78, 5) is 4.21. The van der Waals surface area contributed by atoms with Gasteiger partial charge in [-0.1, -0.05) is 0 Å². The van der Waals surface area contributed by atoms with Crippen LogP contribution in [0.15, 0.2) is 36.5 Å². The molecule has 0 fully saturated rings. The third-order valence-electron chi connectivity index (χ3n) is 3.65. The van der Waals surface area contributed by atoms with E-state index in [9.17, 15) is 23.5 Å². The molecule has 1 aromatic carbocycles. The number of hydrogen-bond acceptors (Lipinski definition) is 5. The SMILES string of the molecule is CC(C)(O)c1ccnc2c1c(C#N)nn2-c1ccc(OC(F)(F)F)cc1. The van der Waals surface area contributed by atoms with Crippen LogP contribution in [0, 0.1) is 11.3 Å². The van der Waals surface area contributed by atoms with Crippen LogP contribution in [0.25, 0.3) is 16.7 Å². The Kier molecular flexibility index (Phi) is 4.08. The second kappa shape index (κ2) is 6.00. The third kappa shape index (κ3) is 3.32. The third-order valence-corrected chi connectivity index (χ3v) is 3.65. The smallest absolute Gasteiger partial charge is 0.406 e. The summed E-state index contributed by atoms with van der Waals surface area (Å²) >= 11 is 0. The number of hydrogen-bond donors (Lipinski definition) is 1. The van der Waals surface area contributed by atoms with Gasteiger partial charge in [0.05, 0.1) is 16.7 Å². The van der Waals surface area contributed by atoms with Crippen LogP contribution in [-0.2, 0) is 5.60 Å². The summed E-state index contributed by atoms with van der Waals surface area (Å²) < 4.78 is 42.0. The number of pyridine rings is 1. The zero-order valence-corrected chi connectivity index (χ0v) is 13.7. The quantitative estimate of drug-likeness (QED) is 0.772. The Morgan fingerprint density at radius 1 is 1.15 bits per heavy atom. The molecule has 2 aromatic heterocycles. The number of aliphatic hydroxyl groups is 1. The molecule has 0 amide bonds. The van der Waals surface area contributed by atoms with E-state index in [1.165, 1.54) is 23.0 Å². The molecule has 9 heteroatoms. The molecular formula is C17H13F3N4O2. The van der Waals surface area contributed by atoms with Gasteiger partial charge in [-0.2, -0.15) is 10.4 Å². The lowest BCUT2D eigenvalue weighted by Crippen LogP contribution is -2.17. The monoisotopic (exact) mass is 362 g/mol. The maximum atomic E-state index is 12.3. The molecule has 0 saturated carbocycles. The van der Waals surface area contributed by atoms with Crippen LogP contribution in [0.1, 0.15) is 25.1 Å². The van der Waals surface area contributed by atoms with E-state index in [2.05, 4.69) is 14.8 Å². The molecule has 0 spiro atoms. The predicted octanol–water partition coefficient (Wildman–Crippen LogP) is 3.42. The summed E-state index contributed by atoms with van der Waals surface area (Å²) in [5.74, 6) is -0.372. The largest absolute Gasteiger partial charge is 0.573 e. The van der Waals surface area contributed by atoms with Crippen LogP contribution in [0.2, 0.25) is 0 Å². The summed E-state index contributed by atoms with van der Waals surface area (Å²) in [5.41, 5.74) is 0.00525. The fourth-order valence-corrected chi connectivity index (χ4v) is 2.60. The number of ether oxygens (including phenoxy) is 1. The van der Waals surface area contributed by atoms with Gasteiger partial charge in [-0.3, -0.25) is 0 Å². The molecule has 0 atom stereocenters. The Labute approximate surface area is 146 Å². The highest BCUT2D eigenvalue weighted by atomic mass is 19.4. The van der Waals surface area contributed by atoms with E-state index in [1.54, 1.807) is 19.9 Å².